The second-order valence-electron chi connectivity index (χ2n) is 3.31. The molecule has 0 radical (unpaired) electrons. The molecule has 0 aromatic carbocycles. The van der Waals surface area contributed by atoms with E-state index in [2.05, 4.69) is 20.3 Å². The van der Waals surface area contributed by atoms with Gasteiger partial charge in [0.1, 0.15) is 0 Å². The first-order chi connectivity index (χ1) is 7.78. The quantitative estimate of drug-likeness (QED) is 0.725. The lowest BCUT2D eigenvalue weighted by Gasteiger charge is -2.05. The van der Waals surface area contributed by atoms with Gasteiger partial charge in [-0.3, -0.25) is 0 Å². The van der Waals surface area contributed by atoms with Crippen LogP contribution < -0.4 is 0 Å². The number of hydrogen-bond donors (Lipinski definition) is 0. The van der Waals surface area contributed by atoms with Gasteiger partial charge in [0, 0.05) is 12.2 Å². The Balaban J connectivity index is 2.37. The predicted octanol–water partition coefficient (Wildman–Crippen LogP) is 2.33. The fraction of sp³-hybridized carbons (Fsp3) is 0.364. The Hall–Kier alpha value is -0.730. The first-order valence-corrected chi connectivity index (χ1v) is 6.64. The summed E-state index contributed by atoms with van der Waals surface area (Å²) >= 11 is 1.77. The van der Waals surface area contributed by atoms with E-state index in [0.29, 0.717) is 0 Å². The molecule has 1 heterocycles. The van der Waals surface area contributed by atoms with Crippen molar-refractivity contribution >= 4 is 26.0 Å². The minimum atomic E-state index is 0.286. The molecule has 2 atom stereocenters. The summed E-state index contributed by atoms with van der Waals surface area (Å²) in [5.41, 5.74) is 1.03. The van der Waals surface area contributed by atoms with Crippen molar-refractivity contribution in [3.63, 3.8) is 0 Å². The summed E-state index contributed by atoms with van der Waals surface area (Å²) in [5, 5.41) is 1.43. The van der Waals surface area contributed by atoms with E-state index in [4.69, 9.17) is 9.47 Å². The first-order valence-electron chi connectivity index (χ1n) is 4.94. The molecular weight excluding hydrogens is 241 g/mol. The molecule has 0 aromatic heterocycles. The second kappa shape index (κ2) is 5.07. The summed E-state index contributed by atoms with van der Waals surface area (Å²) < 4.78 is 10.5. The van der Waals surface area contributed by atoms with Gasteiger partial charge in [0.25, 0.3) is 0 Å². The molecule has 0 spiro atoms. The molecule has 2 unspecified atom stereocenters. The Morgan fingerprint density at radius 3 is 2.75 bits per heavy atom. The SMILES string of the molecule is COC1=C(OC)C=C2N=C(CP)SC2C=C1. The molecule has 2 aliphatic rings. The van der Waals surface area contributed by atoms with Crippen molar-refractivity contribution in [2.75, 3.05) is 20.4 Å². The van der Waals surface area contributed by atoms with Crippen molar-refractivity contribution in [2.24, 2.45) is 4.99 Å². The highest BCUT2D eigenvalue weighted by molar-refractivity contribution is 8.15. The highest BCUT2D eigenvalue weighted by Crippen LogP contribution is 2.35. The van der Waals surface area contributed by atoms with Crippen LogP contribution in [0.1, 0.15) is 0 Å². The molecular formula is C11H14NO2PS. The van der Waals surface area contributed by atoms with Crippen molar-refractivity contribution < 1.29 is 9.47 Å². The van der Waals surface area contributed by atoms with E-state index >= 15 is 0 Å². The number of thioether (sulfide) groups is 1. The Kier molecular flexibility index (Phi) is 3.72. The summed E-state index contributed by atoms with van der Waals surface area (Å²) in [4.78, 5) is 4.55. The highest BCUT2D eigenvalue weighted by Gasteiger charge is 2.24. The lowest BCUT2D eigenvalue weighted by Crippen LogP contribution is -1.96. The van der Waals surface area contributed by atoms with Crippen LogP contribution in [0.3, 0.4) is 0 Å². The van der Waals surface area contributed by atoms with Gasteiger partial charge in [-0.25, -0.2) is 4.99 Å². The molecule has 86 valence electrons. The second-order valence-corrected chi connectivity index (χ2v) is 4.94. The third kappa shape index (κ3) is 2.18. The maximum Gasteiger partial charge on any atom is 0.162 e. The number of rotatable bonds is 3. The standard InChI is InChI=1S/C11H14NO2PS/c1-13-8-3-4-10-7(5-9(8)14-2)12-11(6-15)16-10/h3-5,10H,6,15H2,1-2H3. The molecule has 1 aliphatic heterocycles. The van der Waals surface area contributed by atoms with Crippen LogP contribution in [0.25, 0.3) is 0 Å². The zero-order valence-corrected chi connectivity index (χ0v) is 11.2. The van der Waals surface area contributed by atoms with Crippen LogP contribution in [-0.4, -0.2) is 30.7 Å². The number of fused-ring (bicyclic) bond motifs is 1. The van der Waals surface area contributed by atoms with E-state index in [-0.39, 0.29) is 5.25 Å². The van der Waals surface area contributed by atoms with Crippen molar-refractivity contribution in [1.29, 1.82) is 0 Å². The number of nitrogens with zero attached hydrogens (tertiary/aromatic N) is 1. The van der Waals surface area contributed by atoms with Crippen LogP contribution in [0.5, 0.6) is 0 Å². The van der Waals surface area contributed by atoms with E-state index in [9.17, 15) is 0 Å². The third-order valence-corrected chi connectivity index (χ3v) is 4.23. The van der Waals surface area contributed by atoms with Crippen molar-refractivity contribution in [3.8, 4) is 0 Å². The smallest absolute Gasteiger partial charge is 0.162 e. The van der Waals surface area contributed by atoms with Crippen LogP contribution in [0.4, 0.5) is 0 Å². The minimum Gasteiger partial charge on any atom is -0.493 e. The summed E-state index contributed by atoms with van der Waals surface area (Å²) in [6.45, 7) is 0. The first kappa shape index (κ1) is 11.7. The Morgan fingerprint density at radius 1 is 1.38 bits per heavy atom. The average Bonchev–Trinajstić information content (AvgIpc) is 2.63. The van der Waals surface area contributed by atoms with Gasteiger partial charge >= 0.3 is 0 Å². The highest BCUT2D eigenvalue weighted by atomic mass is 32.2. The Labute approximate surface area is 102 Å². The fourth-order valence-corrected chi connectivity index (χ4v) is 2.90. The van der Waals surface area contributed by atoms with Crippen LogP contribution in [0, 0.1) is 0 Å². The van der Waals surface area contributed by atoms with E-state index in [1.165, 1.54) is 0 Å². The molecule has 2 rings (SSSR count). The van der Waals surface area contributed by atoms with Gasteiger partial charge in [-0.2, -0.15) is 0 Å². The molecule has 0 amide bonds. The monoisotopic (exact) mass is 255 g/mol. The van der Waals surface area contributed by atoms with Crippen LogP contribution in [0.15, 0.2) is 40.4 Å². The van der Waals surface area contributed by atoms with Crippen molar-refractivity contribution in [1.82, 2.24) is 0 Å². The largest absolute Gasteiger partial charge is 0.493 e. The fourth-order valence-electron chi connectivity index (χ4n) is 1.58. The van der Waals surface area contributed by atoms with Gasteiger partial charge in [-0.15, -0.1) is 9.24 Å². The molecule has 16 heavy (non-hydrogen) atoms. The van der Waals surface area contributed by atoms with Crippen molar-refractivity contribution in [2.45, 2.75) is 5.25 Å². The summed E-state index contributed by atoms with van der Waals surface area (Å²) in [5.74, 6) is 1.47. The predicted molar refractivity (Wildman–Crippen MR) is 71.7 cm³/mol. The van der Waals surface area contributed by atoms with E-state index < -0.39 is 0 Å². The molecule has 0 aromatic rings. The summed E-state index contributed by atoms with van der Waals surface area (Å²) in [7, 11) is 5.98. The number of allylic oxidation sites excluding steroid dienone is 2. The molecule has 0 N–H and O–H groups in total. The van der Waals surface area contributed by atoms with Gasteiger partial charge < -0.3 is 9.47 Å². The van der Waals surface area contributed by atoms with Gasteiger partial charge in [0.15, 0.2) is 11.5 Å². The van der Waals surface area contributed by atoms with Crippen LogP contribution in [0.2, 0.25) is 0 Å². The van der Waals surface area contributed by atoms with Crippen LogP contribution in [-0.2, 0) is 9.47 Å². The van der Waals surface area contributed by atoms with E-state index in [0.717, 1.165) is 28.4 Å². The average molecular weight is 255 g/mol. The number of ether oxygens (including phenoxy) is 2. The minimum absolute atomic E-state index is 0.286. The molecule has 5 heteroatoms. The van der Waals surface area contributed by atoms with Gasteiger partial charge in [-0.1, -0.05) is 17.8 Å². The van der Waals surface area contributed by atoms with Crippen molar-refractivity contribution in [3.05, 3.63) is 35.4 Å². The normalized spacial score (nSPS) is 23.6. The van der Waals surface area contributed by atoms with E-state index in [1.807, 2.05) is 12.2 Å². The van der Waals surface area contributed by atoms with Gasteiger partial charge in [0.2, 0.25) is 0 Å². The maximum atomic E-state index is 5.29. The Morgan fingerprint density at radius 2 is 2.12 bits per heavy atom. The van der Waals surface area contributed by atoms with E-state index in [1.54, 1.807) is 26.0 Å². The van der Waals surface area contributed by atoms with Gasteiger partial charge in [0.05, 0.1) is 30.2 Å². The number of hydrogen-bond acceptors (Lipinski definition) is 4. The molecule has 0 saturated heterocycles. The molecule has 1 aliphatic carbocycles. The topological polar surface area (TPSA) is 30.8 Å². The molecule has 0 saturated carbocycles. The molecule has 0 bridgehead atoms. The summed E-state index contributed by atoms with van der Waals surface area (Å²) in [6.07, 6.45) is 6.89. The lowest BCUT2D eigenvalue weighted by molar-refractivity contribution is 0.242. The number of methoxy groups -OCH3 is 2. The number of aliphatic imine (C=N–C) groups is 1. The Bertz CT molecular complexity index is 412. The van der Waals surface area contributed by atoms with Gasteiger partial charge in [-0.05, 0) is 6.08 Å². The summed E-state index contributed by atoms with van der Waals surface area (Å²) in [6, 6.07) is 0. The lowest BCUT2D eigenvalue weighted by atomic mass is 10.3. The maximum absolute atomic E-state index is 5.29. The zero-order chi connectivity index (χ0) is 11.5. The van der Waals surface area contributed by atoms with Crippen LogP contribution >= 0.6 is 21.0 Å². The molecule has 0 fully saturated rings. The molecule has 3 nitrogen and oxygen atoms in total. The zero-order valence-electron chi connectivity index (χ0n) is 9.27. The third-order valence-electron chi connectivity index (χ3n) is 2.37.